The van der Waals surface area contributed by atoms with Gasteiger partial charge in [0, 0.05) is 75.5 Å². The number of piperidine rings is 3. The first-order valence-corrected chi connectivity index (χ1v) is 45.6. The van der Waals surface area contributed by atoms with Gasteiger partial charge >= 0.3 is 17.1 Å². The fourth-order valence-electron chi connectivity index (χ4n) is 16.8. The first-order chi connectivity index (χ1) is 60.3. The third-order valence-electron chi connectivity index (χ3n) is 23.7. The standard InChI is InChI=1S/C33H39ClFN7O2.C31H37ClFN7O.C30H33BrClFN6O.CH5N/c1-17(2)26-29(27(18(3)4)38-32(37-26)40(8)21(7)43)42-31-23(15-24(34)28(36-31)22-11-9-10-12-25(22)35)30(39-33(42)44)41-16-19(5)13-14-20(41)6;1-16(2)24-27(25(17(3)4)37-30(34-7)36-24)40-29-21(14-22(32)26(35-29)20-10-8-9-11-23(20)33)28(38-31(40)41)39-15-18(5)12-13-19(39)6;1-15(2)23-26(24(16(3)4)36-29(31)35-23)39-28-20(13-21(32)25(34-28)19-9-7-8-10-22(19)33)27(37-30(39)40)38-14-17(5)11-12-18(38)6;1-2/h9-12,15,17-20H,13-14,16H2,1-8H3;8-11,14,16-19H,12-13,15H2,1-7H3,(H,34,36,37);7-10,13,15-18H,11-12,14H2,1-6H3;2H2,1H3/t19-,20-;18-,19-;17-,18-;/m000./s1. The van der Waals surface area contributed by atoms with Gasteiger partial charge in [0.25, 0.3) is 0 Å². The molecule has 32 heteroatoms. The minimum Gasteiger partial charge on any atom is -0.357 e. The van der Waals surface area contributed by atoms with Crippen molar-refractivity contribution in [1.82, 2.24) is 73.5 Å². The quantitative estimate of drug-likeness (QED) is 0.0801. The number of nitrogens with one attached hydrogen (secondary N) is 1. The molecular formula is C95H114BrCl3F3N21O4. The maximum atomic E-state index is 15.1. The van der Waals surface area contributed by atoms with Crippen molar-refractivity contribution in [2.45, 2.75) is 224 Å². The summed E-state index contributed by atoms with van der Waals surface area (Å²) in [6.07, 6.45) is 6.21. The minimum atomic E-state index is -0.549. The molecule has 0 spiro atoms. The zero-order valence-corrected chi connectivity index (χ0v) is 80.2. The lowest BCUT2D eigenvalue weighted by molar-refractivity contribution is -0.116. The molecule has 3 aliphatic rings. The number of benzene rings is 3. The van der Waals surface area contributed by atoms with E-state index in [-0.39, 0.29) is 120 Å². The van der Waals surface area contributed by atoms with Crippen molar-refractivity contribution >= 4 is 119 Å². The van der Waals surface area contributed by atoms with Crippen LogP contribution in [0.2, 0.25) is 15.1 Å². The molecular weight excluding hydrogens is 1740 g/mol. The van der Waals surface area contributed by atoms with Gasteiger partial charge in [-0.25, -0.2) is 86.1 Å². The van der Waals surface area contributed by atoms with Crippen LogP contribution in [-0.2, 0) is 4.79 Å². The van der Waals surface area contributed by atoms with Crippen LogP contribution in [0, 0.1) is 35.2 Å². The van der Waals surface area contributed by atoms with Gasteiger partial charge in [-0.2, -0.15) is 15.0 Å². The maximum Gasteiger partial charge on any atom is 0.355 e. The summed E-state index contributed by atoms with van der Waals surface area (Å²) in [5.74, 6) is 1.53. The van der Waals surface area contributed by atoms with Crippen LogP contribution in [0.4, 0.5) is 42.5 Å². The summed E-state index contributed by atoms with van der Waals surface area (Å²) in [7, 11) is 4.89. The van der Waals surface area contributed by atoms with Gasteiger partial charge < -0.3 is 25.8 Å². The van der Waals surface area contributed by atoms with Crippen LogP contribution >= 0.6 is 50.7 Å². The number of fused-ring (bicyclic) bond motifs is 3. The number of pyridine rings is 3. The number of rotatable bonds is 17. The molecule has 3 fully saturated rings. The highest BCUT2D eigenvalue weighted by molar-refractivity contribution is 9.10. The van der Waals surface area contributed by atoms with Crippen molar-refractivity contribution in [3.63, 3.8) is 0 Å². The van der Waals surface area contributed by atoms with E-state index in [1.165, 1.54) is 50.8 Å². The van der Waals surface area contributed by atoms with Crippen LogP contribution in [0.3, 0.4) is 0 Å². The Labute approximate surface area is 763 Å². The smallest absolute Gasteiger partial charge is 0.355 e. The number of carbonyl (C=O) groups is 1. The van der Waals surface area contributed by atoms with E-state index in [1.807, 2.05) is 83.1 Å². The molecule has 12 aromatic rings. The van der Waals surface area contributed by atoms with Gasteiger partial charge in [-0.15, -0.1) is 0 Å². The Morgan fingerprint density at radius 1 is 0.425 bits per heavy atom. The lowest BCUT2D eigenvalue weighted by Crippen LogP contribution is -2.43. The minimum absolute atomic E-state index is 0.0327. The van der Waals surface area contributed by atoms with Crippen LogP contribution in [0.1, 0.15) is 240 Å². The molecule has 15 rings (SSSR count). The summed E-state index contributed by atoms with van der Waals surface area (Å²) in [4.78, 5) is 120. The van der Waals surface area contributed by atoms with Crippen LogP contribution in [0.15, 0.2) is 110 Å². The Hall–Kier alpha value is -10.5. The number of nitrogens with zero attached hydrogens (tertiary/aromatic N) is 19. The number of carbonyl (C=O) groups excluding carboxylic acids is 1. The molecule has 0 radical (unpaired) electrons. The largest absolute Gasteiger partial charge is 0.357 e. The Morgan fingerprint density at radius 2 is 0.685 bits per heavy atom. The number of aromatic nitrogens is 15. The lowest BCUT2D eigenvalue weighted by atomic mass is 9.95. The fourth-order valence-corrected chi connectivity index (χ4v) is 17.9. The number of amides is 1. The average molecular weight is 1860 g/mol. The van der Waals surface area contributed by atoms with E-state index in [2.05, 4.69) is 108 Å². The fraction of sp³-hybridized carbons (Fsp3) is 0.453. The molecule has 0 aliphatic carbocycles. The number of halogens is 7. The summed E-state index contributed by atoms with van der Waals surface area (Å²) >= 11 is 23.9. The van der Waals surface area contributed by atoms with Crippen molar-refractivity contribution in [3.05, 3.63) is 194 Å². The molecule has 9 aromatic heterocycles. The first-order valence-electron chi connectivity index (χ1n) is 43.6. The Bertz CT molecular complexity index is 6240. The van der Waals surface area contributed by atoms with Crippen molar-refractivity contribution in [1.29, 1.82) is 0 Å². The van der Waals surface area contributed by atoms with Gasteiger partial charge in [0.1, 0.15) is 34.9 Å². The number of anilines is 5. The molecule has 1 amide bonds. The normalized spacial score (nSPS) is 17.3. The zero-order valence-electron chi connectivity index (χ0n) is 76.3. The second kappa shape index (κ2) is 40.1. The Morgan fingerprint density at radius 3 is 0.937 bits per heavy atom. The highest BCUT2D eigenvalue weighted by atomic mass is 79.9. The highest BCUT2D eigenvalue weighted by Crippen LogP contribution is 2.44. The molecule has 0 bridgehead atoms. The molecule has 3 aromatic carbocycles. The van der Waals surface area contributed by atoms with E-state index in [9.17, 15) is 23.6 Å². The molecule has 3 saturated heterocycles. The second-order valence-corrected chi connectivity index (χ2v) is 37.3. The topological polar surface area (TPSA) is 289 Å². The van der Waals surface area contributed by atoms with Gasteiger partial charge in [-0.1, -0.05) is 175 Å². The van der Waals surface area contributed by atoms with Gasteiger partial charge in [0.05, 0.1) is 99.5 Å². The zero-order chi connectivity index (χ0) is 92.5. The van der Waals surface area contributed by atoms with Crippen LogP contribution in [-0.4, -0.2) is 138 Å². The molecule has 0 saturated carbocycles. The van der Waals surface area contributed by atoms with Crippen molar-refractivity contribution in [3.8, 4) is 50.8 Å². The molecule has 25 nitrogen and oxygen atoms in total. The van der Waals surface area contributed by atoms with Crippen molar-refractivity contribution in [2.75, 3.05) is 65.7 Å². The van der Waals surface area contributed by atoms with Gasteiger partial charge in [-0.05, 0) is 190 Å². The second-order valence-electron chi connectivity index (χ2n) is 35.4. The van der Waals surface area contributed by atoms with E-state index >= 15 is 8.78 Å². The van der Waals surface area contributed by atoms with E-state index in [0.29, 0.717) is 125 Å². The third-order valence-corrected chi connectivity index (χ3v) is 24.9. The molecule has 12 heterocycles. The van der Waals surface area contributed by atoms with Crippen LogP contribution < -0.4 is 47.7 Å². The third kappa shape index (κ3) is 19.6. The maximum absolute atomic E-state index is 15.1. The molecule has 3 N–H and O–H groups in total. The van der Waals surface area contributed by atoms with Crippen molar-refractivity contribution < 1.29 is 18.0 Å². The number of hydrogen-bond acceptors (Lipinski definition) is 21. The average Bonchev–Trinajstić information content (AvgIpc) is 0.737. The summed E-state index contributed by atoms with van der Waals surface area (Å²) in [5, 5.41) is 5.68. The number of hydrogen-bond donors (Lipinski definition) is 2. The molecule has 6 atom stereocenters. The molecule has 0 unspecified atom stereocenters. The summed E-state index contributed by atoms with van der Waals surface area (Å²) in [6.45, 7) is 40.7. The Balaban J connectivity index is 0.000000171. The monoisotopic (exact) mass is 1850 g/mol. The predicted molar refractivity (Wildman–Crippen MR) is 510 cm³/mol. The van der Waals surface area contributed by atoms with Gasteiger partial charge in [0.15, 0.2) is 21.7 Å². The number of nitrogens with two attached hydrogens (primary N) is 1. The van der Waals surface area contributed by atoms with E-state index in [4.69, 9.17) is 69.7 Å². The lowest BCUT2D eigenvalue weighted by Gasteiger charge is -2.38. The highest BCUT2D eigenvalue weighted by Gasteiger charge is 2.37. The van der Waals surface area contributed by atoms with E-state index < -0.39 is 34.5 Å². The summed E-state index contributed by atoms with van der Waals surface area (Å²) in [6, 6.07) is 24.8. The molecule has 3 aliphatic heterocycles. The predicted octanol–water partition coefficient (Wildman–Crippen LogP) is 21.1. The van der Waals surface area contributed by atoms with E-state index in [1.54, 1.807) is 86.9 Å². The Kier molecular flexibility index (Phi) is 30.2. The molecule has 672 valence electrons. The van der Waals surface area contributed by atoms with Crippen LogP contribution in [0.25, 0.3) is 83.9 Å². The van der Waals surface area contributed by atoms with Gasteiger partial charge in [0.2, 0.25) is 17.8 Å². The summed E-state index contributed by atoms with van der Waals surface area (Å²) in [5.41, 5.74) is 10.9. The van der Waals surface area contributed by atoms with E-state index in [0.717, 1.165) is 58.2 Å². The first kappa shape index (κ1) is 95.6. The van der Waals surface area contributed by atoms with Crippen molar-refractivity contribution in [2.24, 2.45) is 23.5 Å². The van der Waals surface area contributed by atoms with Crippen LogP contribution in [0.5, 0.6) is 0 Å². The SMILES string of the molecule is CC(=O)N(C)c1nc(C(C)C)c(-n2c(=O)nc(N3C[C@@H](C)CC[C@@H]3C)c3cc(Cl)c(-c4ccccc4F)nc32)c(C(C)C)n1.CC(C)c1nc(Br)nc(C(C)C)c1-n1c(=O)nc(N2C[C@@H](C)CC[C@@H]2C)c2cc(Cl)c(-c3ccccc3F)nc21.CN.CNc1nc(C(C)C)c(-n2c(=O)nc(N3C[C@@H](C)CC[C@@H]3C)c3cc(Cl)c(-c4ccccc4F)nc32)c(C(C)C)n1. The van der Waals surface area contributed by atoms with Gasteiger partial charge in [-0.3, -0.25) is 9.69 Å². The molecule has 127 heavy (non-hydrogen) atoms. The summed E-state index contributed by atoms with van der Waals surface area (Å²) < 4.78 is 50.0.